The molecule has 3 N–H and O–H groups in total. The lowest BCUT2D eigenvalue weighted by atomic mass is 10.2. The highest BCUT2D eigenvalue weighted by molar-refractivity contribution is 5.76. The van der Waals surface area contributed by atoms with E-state index in [1.807, 2.05) is 31.1 Å². The van der Waals surface area contributed by atoms with Gasteiger partial charge in [-0.1, -0.05) is 6.07 Å². The van der Waals surface area contributed by atoms with Crippen LogP contribution >= 0.6 is 0 Å². The number of pyridine rings is 1. The van der Waals surface area contributed by atoms with Crippen LogP contribution in [-0.4, -0.2) is 31.5 Å². The maximum absolute atomic E-state index is 11.2. The fourth-order valence-corrected chi connectivity index (χ4v) is 1.21. The summed E-state index contributed by atoms with van der Waals surface area (Å²) in [6, 6.07) is 3.87. The van der Waals surface area contributed by atoms with Crippen molar-refractivity contribution in [2.24, 2.45) is 5.73 Å². The van der Waals surface area contributed by atoms with Gasteiger partial charge in [-0.25, -0.2) is 4.98 Å². The molecule has 1 rings (SSSR count). The van der Waals surface area contributed by atoms with Crippen LogP contribution < -0.4 is 16.0 Å². The molecule has 88 valence electrons. The van der Waals surface area contributed by atoms with Crippen molar-refractivity contribution < 1.29 is 4.79 Å². The van der Waals surface area contributed by atoms with Gasteiger partial charge in [0, 0.05) is 39.8 Å². The molecule has 0 saturated heterocycles. The number of amides is 1. The van der Waals surface area contributed by atoms with Crippen LogP contribution in [0.2, 0.25) is 0 Å². The monoisotopic (exact) mass is 222 g/mol. The molecular formula is C11H18N4O. The molecule has 0 fully saturated rings. The Hall–Kier alpha value is -1.62. The van der Waals surface area contributed by atoms with Gasteiger partial charge in [-0.15, -0.1) is 0 Å². The summed E-state index contributed by atoms with van der Waals surface area (Å²) in [6.45, 7) is 0.878. The zero-order chi connectivity index (χ0) is 12.0. The lowest BCUT2D eigenvalue weighted by Gasteiger charge is -2.11. The molecule has 1 aromatic heterocycles. The highest BCUT2D eigenvalue weighted by Crippen LogP contribution is 2.07. The minimum Gasteiger partial charge on any atom is -0.363 e. The molecule has 0 saturated carbocycles. The number of nitrogens with zero attached hydrogens (tertiary/aromatic N) is 2. The van der Waals surface area contributed by atoms with Crippen LogP contribution in [0.1, 0.15) is 12.0 Å². The molecule has 0 spiro atoms. The van der Waals surface area contributed by atoms with Gasteiger partial charge < -0.3 is 16.0 Å². The predicted molar refractivity (Wildman–Crippen MR) is 64.1 cm³/mol. The minimum atomic E-state index is -0.0285. The van der Waals surface area contributed by atoms with E-state index >= 15 is 0 Å². The molecular weight excluding hydrogens is 204 g/mol. The van der Waals surface area contributed by atoms with Crippen LogP contribution in [0.4, 0.5) is 5.82 Å². The number of carbonyl (C=O) groups excluding carboxylic acids is 1. The summed E-state index contributed by atoms with van der Waals surface area (Å²) in [7, 11) is 3.87. The van der Waals surface area contributed by atoms with Crippen molar-refractivity contribution >= 4 is 11.7 Å². The third-order valence-electron chi connectivity index (χ3n) is 2.13. The number of hydrogen-bond donors (Lipinski definition) is 2. The number of carbonyl (C=O) groups is 1. The summed E-state index contributed by atoms with van der Waals surface area (Å²) >= 11 is 0. The Morgan fingerprint density at radius 1 is 1.50 bits per heavy atom. The quantitative estimate of drug-likeness (QED) is 0.742. The number of nitrogens with two attached hydrogens (primary N) is 1. The average Bonchev–Trinajstić information content (AvgIpc) is 2.27. The van der Waals surface area contributed by atoms with Gasteiger partial charge in [-0.3, -0.25) is 4.79 Å². The number of rotatable bonds is 5. The van der Waals surface area contributed by atoms with Gasteiger partial charge in [0.2, 0.25) is 5.91 Å². The Kier molecular flexibility index (Phi) is 4.72. The first-order chi connectivity index (χ1) is 7.63. The normalized spacial score (nSPS) is 9.94. The van der Waals surface area contributed by atoms with Gasteiger partial charge in [-0.2, -0.15) is 0 Å². The maximum atomic E-state index is 11.2. The third kappa shape index (κ3) is 3.86. The molecule has 0 aliphatic carbocycles. The SMILES string of the molecule is CN(C)c1ccc(CNC(=O)CCN)cn1. The number of aromatic nitrogens is 1. The van der Waals surface area contributed by atoms with Crippen molar-refractivity contribution in [2.75, 3.05) is 25.5 Å². The summed E-state index contributed by atoms with van der Waals surface area (Å²) in [5.74, 6) is 0.872. The van der Waals surface area contributed by atoms with E-state index in [2.05, 4.69) is 10.3 Å². The lowest BCUT2D eigenvalue weighted by Crippen LogP contribution is -2.25. The summed E-state index contributed by atoms with van der Waals surface area (Å²) < 4.78 is 0. The molecule has 0 aliphatic rings. The van der Waals surface area contributed by atoms with Crippen molar-refractivity contribution in [2.45, 2.75) is 13.0 Å². The number of anilines is 1. The Bertz CT molecular complexity index is 334. The molecule has 1 aromatic rings. The van der Waals surface area contributed by atoms with Gasteiger partial charge in [0.1, 0.15) is 5.82 Å². The van der Waals surface area contributed by atoms with Crippen LogP contribution in [0.15, 0.2) is 18.3 Å². The van der Waals surface area contributed by atoms with E-state index in [4.69, 9.17) is 5.73 Å². The van der Waals surface area contributed by atoms with Gasteiger partial charge in [-0.05, 0) is 11.6 Å². The van der Waals surface area contributed by atoms with Crippen LogP contribution in [0.25, 0.3) is 0 Å². The molecule has 5 heteroatoms. The fourth-order valence-electron chi connectivity index (χ4n) is 1.21. The Balaban J connectivity index is 2.46. The van der Waals surface area contributed by atoms with Crippen LogP contribution in [-0.2, 0) is 11.3 Å². The largest absolute Gasteiger partial charge is 0.363 e. The second-order valence-electron chi connectivity index (χ2n) is 3.73. The number of hydrogen-bond acceptors (Lipinski definition) is 4. The molecule has 1 heterocycles. The zero-order valence-electron chi connectivity index (χ0n) is 9.73. The van der Waals surface area contributed by atoms with Crippen molar-refractivity contribution in [1.29, 1.82) is 0 Å². The Morgan fingerprint density at radius 2 is 2.25 bits per heavy atom. The van der Waals surface area contributed by atoms with E-state index in [1.165, 1.54) is 0 Å². The Labute approximate surface area is 95.7 Å². The third-order valence-corrected chi connectivity index (χ3v) is 2.13. The summed E-state index contributed by atoms with van der Waals surface area (Å²) in [6.07, 6.45) is 2.13. The van der Waals surface area contributed by atoms with E-state index in [0.717, 1.165) is 11.4 Å². The van der Waals surface area contributed by atoms with Gasteiger partial charge in [0.25, 0.3) is 0 Å². The van der Waals surface area contributed by atoms with Crippen molar-refractivity contribution in [3.63, 3.8) is 0 Å². The Morgan fingerprint density at radius 3 is 2.75 bits per heavy atom. The van der Waals surface area contributed by atoms with Gasteiger partial charge >= 0.3 is 0 Å². The highest BCUT2D eigenvalue weighted by atomic mass is 16.1. The van der Waals surface area contributed by atoms with Crippen LogP contribution in [0.5, 0.6) is 0 Å². The molecule has 0 bridgehead atoms. The topological polar surface area (TPSA) is 71.2 Å². The van der Waals surface area contributed by atoms with Gasteiger partial charge in [0.15, 0.2) is 0 Å². The van der Waals surface area contributed by atoms with Crippen LogP contribution in [0, 0.1) is 0 Å². The average molecular weight is 222 g/mol. The summed E-state index contributed by atoms with van der Waals surface area (Å²) in [5.41, 5.74) is 6.26. The smallest absolute Gasteiger partial charge is 0.221 e. The lowest BCUT2D eigenvalue weighted by molar-refractivity contribution is -0.121. The minimum absolute atomic E-state index is 0.0285. The molecule has 0 aliphatic heterocycles. The first-order valence-corrected chi connectivity index (χ1v) is 5.22. The molecule has 1 amide bonds. The van der Waals surface area contributed by atoms with E-state index in [-0.39, 0.29) is 5.91 Å². The van der Waals surface area contributed by atoms with E-state index in [1.54, 1.807) is 6.20 Å². The van der Waals surface area contributed by atoms with Crippen molar-refractivity contribution in [1.82, 2.24) is 10.3 Å². The maximum Gasteiger partial charge on any atom is 0.221 e. The van der Waals surface area contributed by atoms with Crippen molar-refractivity contribution in [3.8, 4) is 0 Å². The highest BCUT2D eigenvalue weighted by Gasteiger charge is 2.01. The molecule has 0 unspecified atom stereocenters. The molecule has 16 heavy (non-hydrogen) atoms. The fraction of sp³-hybridized carbons (Fsp3) is 0.455. The van der Waals surface area contributed by atoms with E-state index < -0.39 is 0 Å². The first-order valence-electron chi connectivity index (χ1n) is 5.22. The summed E-state index contributed by atoms with van der Waals surface area (Å²) in [5, 5.41) is 2.78. The standard InChI is InChI=1S/C11H18N4O/c1-15(2)10-4-3-9(7-13-10)8-14-11(16)5-6-12/h3-4,7H,5-6,8,12H2,1-2H3,(H,14,16). The molecule has 5 nitrogen and oxygen atoms in total. The number of nitrogens with one attached hydrogen (secondary N) is 1. The van der Waals surface area contributed by atoms with E-state index in [0.29, 0.717) is 19.5 Å². The molecule has 0 aromatic carbocycles. The van der Waals surface area contributed by atoms with Gasteiger partial charge in [0.05, 0.1) is 0 Å². The summed E-state index contributed by atoms with van der Waals surface area (Å²) in [4.78, 5) is 17.4. The second kappa shape index (κ2) is 6.07. The predicted octanol–water partition coefficient (Wildman–Crippen LogP) is 0.113. The van der Waals surface area contributed by atoms with E-state index in [9.17, 15) is 4.79 Å². The van der Waals surface area contributed by atoms with Crippen LogP contribution in [0.3, 0.4) is 0 Å². The second-order valence-corrected chi connectivity index (χ2v) is 3.73. The molecule has 0 atom stereocenters. The molecule has 0 radical (unpaired) electrons. The van der Waals surface area contributed by atoms with Crippen molar-refractivity contribution in [3.05, 3.63) is 23.9 Å². The zero-order valence-corrected chi connectivity index (χ0v) is 9.73. The first kappa shape index (κ1) is 12.4.